The lowest BCUT2D eigenvalue weighted by Crippen LogP contribution is -2.32. The molecule has 11 heteroatoms. The molecule has 0 aliphatic heterocycles. The molecule has 3 rings (SSSR count). The highest BCUT2D eigenvalue weighted by Gasteiger charge is 2.17. The van der Waals surface area contributed by atoms with Crippen LogP contribution in [0.3, 0.4) is 0 Å². The Bertz CT molecular complexity index is 1270. The zero-order valence-corrected chi connectivity index (χ0v) is 24.3. The van der Waals surface area contributed by atoms with Gasteiger partial charge in [-0.3, -0.25) is 0 Å². The quantitative estimate of drug-likeness (QED) is 0.125. The summed E-state index contributed by atoms with van der Waals surface area (Å²) in [5, 5.41) is 0.306. The summed E-state index contributed by atoms with van der Waals surface area (Å²) in [5.74, 6) is 3.17. The molecule has 0 saturated heterocycles. The molecule has 0 radical (unpaired) electrons. The van der Waals surface area contributed by atoms with Gasteiger partial charge in [0.15, 0.2) is 17.7 Å². The molecule has 38 heavy (non-hydrogen) atoms. The number of halogens is 1. The SMILES string of the molecule is COc1cc(OC(C)N(C)/C=N/c2ncc(Sc3cc(OC)c(OC)cc3C(C)C)c(Cl)n2)ccc1CN. The molecule has 9 nitrogen and oxygen atoms in total. The van der Waals surface area contributed by atoms with Gasteiger partial charge in [-0.2, -0.15) is 4.98 Å². The molecular weight excluding hydrogens is 526 g/mol. The lowest BCUT2D eigenvalue weighted by Gasteiger charge is -2.23. The summed E-state index contributed by atoms with van der Waals surface area (Å²) in [6.07, 6.45) is 2.94. The van der Waals surface area contributed by atoms with Crippen molar-refractivity contribution >= 4 is 35.6 Å². The van der Waals surface area contributed by atoms with Crippen molar-refractivity contribution in [2.45, 2.75) is 49.3 Å². The lowest BCUT2D eigenvalue weighted by atomic mass is 10.0. The first kappa shape index (κ1) is 29.3. The second kappa shape index (κ2) is 13.5. The van der Waals surface area contributed by atoms with E-state index in [0.29, 0.717) is 39.6 Å². The van der Waals surface area contributed by atoms with Crippen LogP contribution < -0.4 is 24.7 Å². The van der Waals surface area contributed by atoms with E-state index < -0.39 is 0 Å². The second-order valence-electron chi connectivity index (χ2n) is 8.63. The number of benzene rings is 2. The van der Waals surface area contributed by atoms with E-state index in [0.717, 1.165) is 16.0 Å². The highest BCUT2D eigenvalue weighted by atomic mass is 35.5. The molecule has 1 aromatic heterocycles. The van der Waals surface area contributed by atoms with E-state index in [1.165, 1.54) is 11.8 Å². The molecule has 0 spiro atoms. The third-order valence-corrected chi connectivity index (χ3v) is 7.26. The van der Waals surface area contributed by atoms with Crippen molar-refractivity contribution in [1.82, 2.24) is 14.9 Å². The standard InChI is InChI=1S/C27H34ClN5O4S/c1-16(2)20-11-22(35-6)23(36-7)12-24(20)38-25-14-30-27(32-26(25)28)31-15-33(4)17(3)37-19-9-8-18(13-29)21(10-19)34-5/h8-12,14-17H,13,29H2,1-7H3/b31-15+. The molecule has 0 bridgehead atoms. The van der Waals surface area contributed by atoms with Gasteiger partial charge in [0.05, 0.1) is 32.6 Å². The van der Waals surface area contributed by atoms with Gasteiger partial charge in [-0.05, 0) is 36.6 Å². The predicted molar refractivity (Wildman–Crippen MR) is 152 cm³/mol. The highest BCUT2D eigenvalue weighted by Crippen LogP contribution is 2.42. The van der Waals surface area contributed by atoms with Crippen molar-refractivity contribution in [2.24, 2.45) is 10.7 Å². The molecule has 0 aliphatic rings. The Morgan fingerprint density at radius 1 is 1.03 bits per heavy atom. The average Bonchev–Trinajstić information content (AvgIpc) is 2.92. The number of methoxy groups -OCH3 is 3. The zero-order chi connectivity index (χ0) is 27.8. The zero-order valence-electron chi connectivity index (χ0n) is 22.7. The van der Waals surface area contributed by atoms with Crippen LogP contribution in [0.5, 0.6) is 23.0 Å². The largest absolute Gasteiger partial charge is 0.496 e. The predicted octanol–water partition coefficient (Wildman–Crippen LogP) is 5.91. The van der Waals surface area contributed by atoms with Gasteiger partial charge in [-0.15, -0.1) is 0 Å². The molecule has 1 atom stereocenters. The molecule has 0 fully saturated rings. The number of rotatable bonds is 12. The molecule has 0 saturated carbocycles. The lowest BCUT2D eigenvalue weighted by molar-refractivity contribution is 0.116. The van der Waals surface area contributed by atoms with Gasteiger partial charge in [0, 0.05) is 36.3 Å². The summed E-state index contributed by atoms with van der Waals surface area (Å²) in [4.78, 5) is 16.6. The average molecular weight is 560 g/mol. The third kappa shape index (κ3) is 7.21. The maximum absolute atomic E-state index is 6.52. The van der Waals surface area contributed by atoms with Crippen molar-refractivity contribution in [3.63, 3.8) is 0 Å². The van der Waals surface area contributed by atoms with Crippen molar-refractivity contribution in [2.75, 3.05) is 28.4 Å². The first-order valence-electron chi connectivity index (χ1n) is 12.0. The molecule has 1 heterocycles. The Kier molecular flexibility index (Phi) is 10.5. The summed E-state index contributed by atoms with van der Waals surface area (Å²) in [6, 6.07) is 9.48. The van der Waals surface area contributed by atoms with Gasteiger partial charge >= 0.3 is 0 Å². The van der Waals surface area contributed by atoms with E-state index in [4.69, 9.17) is 36.3 Å². The summed E-state index contributed by atoms with van der Waals surface area (Å²) >= 11 is 7.99. The smallest absolute Gasteiger partial charge is 0.252 e. The minimum atomic E-state index is -0.322. The van der Waals surface area contributed by atoms with Crippen LogP contribution in [0, 0.1) is 0 Å². The van der Waals surface area contributed by atoms with Crippen LogP contribution in [0.1, 0.15) is 37.8 Å². The van der Waals surface area contributed by atoms with Crippen LogP contribution in [0.15, 0.2) is 51.3 Å². The molecule has 1 unspecified atom stereocenters. The monoisotopic (exact) mass is 559 g/mol. The van der Waals surface area contributed by atoms with Crippen LogP contribution in [-0.4, -0.2) is 55.8 Å². The molecule has 2 N–H and O–H groups in total. The summed E-state index contributed by atoms with van der Waals surface area (Å²) in [7, 11) is 6.68. The summed E-state index contributed by atoms with van der Waals surface area (Å²) in [6.45, 7) is 6.53. The number of nitrogens with zero attached hydrogens (tertiary/aromatic N) is 4. The molecule has 204 valence electrons. The highest BCUT2D eigenvalue weighted by molar-refractivity contribution is 7.99. The van der Waals surface area contributed by atoms with Gasteiger partial charge in [0.25, 0.3) is 5.95 Å². The van der Waals surface area contributed by atoms with Gasteiger partial charge < -0.3 is 29.6 Å². The van der Waals surface area contributed by atoms with Crippen LogP contribution in [-0.2, 0) is 6.54 Å². The van der Waals surface area contributed by atoms with Crippen molar-refractivity contribution in [3.05, 3.63) is 52.8 Å². The number of aromatic nitrogens is 2. The van der Waals surface area contributed by atoms with Crippen LogP contribution in [0.25, 0.3) is 0 Å². The first-order chi connectivity index (χ1) is 18.2. The van der Waals surface area contributed by atoms with Crippen LogP contribution in [0.2, 0.25) is 5.15 Å². The second-order valence-corrected chi connectivity index (χ2v) is 10.1. The number of hydrogen-bond acceptors (Lipinski definition) is 9. The Morgan fingerprint density at radius 2 is 1.71 bits per heavy atom. The van der Waals surface area contributed by atoms with Crippen molar-refractivity contribution in [1.29, 1.82) is 0 Å². The van der Waals surface area contributed by atoms with E-state index in [9.17, 15) is 0 Å². The van der Waals surface area contributed by atoms with E-state index >= 15 is 0 Å². The maximum atomic E-state index is 6.52. The molecule has 0 amide bonds. The van der Waals surface area contributed by atoms with E-state index in [-0.39, 0.29) is 18.1 Å². The van der Waals surface area contributed by atoms with Gasteiger partial charge in [0.1, 0.15) is 16.7 Å². The molecular formula is C27H34ClN5O4S. The fraction of sp³-hybridized carbons (Fsp3) is 0.370. The fourth-order valence-electron chi connectivity index (χ4n) is 3.49. The van der Waals surface area contributed by atoms with Gasteiger partial charge in [0.2, 0.25) is 0 Å². The summed E-state index contributed by atoms with van der Waals surface area (Å²) in [5.41, 5.74) is 7.76. The van der Waals surface area contributed by atoms with Crippen molar-refractivity contribution in [3.8, 4) is 23.0 Å². The van der Waals surface area contributed by atoms with E-state index in [1.807, 2.05) is 44.3 Å². The number of aliphatic imine (C=N–C) groups is 1. The van der Waals surface area contributed by atoms with Crippen LogP contribution >= 0.6 is 23.4 Å². The molecule has 0 aliphatic carbocycles. The molecule has 2 aromatic carbocycles. The van der Waals surface area contributed by atoms with Gasteiger partial charge in [-0.25, -0.2) is 9.98 Å². The number of hydrogen-bond donors (Lipinski definition) is 1. The topological polar surface area (TPSA) is 104 Å². The Hall–Kier alpha value is -3.21. The number of nitrogens with two attached hydrogens (primary N) is 1. The normalized spacial score (nSPS) is 12.1. The minimum Gasteiger partial charge on any atom is -0.496 e. The Labute approximate surface area is 233 Å². The van der Waals surface area contributed by atoms with Gasteiger partial charge in [-0.1, -0.05) is 43.3 Å². The summed E-state index contributed by atoms with van der Waals surface area (Å²) < 4.78 is 22.3. The molecule has 3 aromatic rings. The fourth-order valence-corrected chi connectivity index (χ4v) is 4.78. The Morgan fingerprint density at radius 3 is 2.32 bits per heavy atom. The minimum absolute atomic E-state index is 0.240. The van der Waals surface area contributed by atoms with Crippen molar-refractivity contribution < 1.29 is 18.9 Å². The number of ether oxygens (including phenoxy) is 4. The first-order valence-corrected chi connectivity index (χ1v) is 13.2. The Balaban J connectivity index is 1.72. The van der Waals surface area contributed by atoms with Crippen LogP contribution in [0.4, 0.5) is 5.95 Å². The van der Waals surface area contributed by atoms with E-state index in [2.05, 4.69) is 28.8 Å². The maximum Gasteiger partial charge on any atom is 0.252 e. The van der Waals surface area contributed by atoms with E-state index in [1.54, 1.807) is 38.8 Å². The third-order valence-electron chi connectivity index (χ3n) is 5.77.